The molecular formula is C15H19F3N2. The predicted octanol–water partition coefficient (Wildman–Crippen LogP) is 3.07. The molecule has 1 saturated carbocycles. The Morgan fingerprint density at radius 3 is 2.45 bits per heavy atom. The monoisotopic (exact) mass is 284 g/mol. The van der Waals surface area contributed by atoms with Crippen molar-refractivity contribution in [1.82, 2.24) is 5.32 Å². The first-order chi connectivity index (χ1) is 9.49. The van der Waals surface area contributed by atoms with Crippen LogP contribution in [0.1, 0.15) is 26.2 Å². The second kappa shape index (κ2) is 4.95. The maximum Gasteiger partial charge on any atom is 0.194 e. The molecule has 1 saturated heterocycles. The van der Waals surface area contributed by atoms with Gasteiger partial charge in [-0.1, -0.05) is 0 Å². The fourth-order valence-corrected chi connectivity index (χ4v) is 3.11. The standard InChI is InChI=1S/C15H19F3N2/c1-15(10-3-4-10)9-20(6-2-5-19-15)11-7-12(16)14(18)13(17)8-11/h7-8,10,19H,2-6,9H2,1H3. The Hall–Kier alpha value is -1.23. The van der Waals surface area contributed by atoms with Crippen LogP contribution in [0.3, 0.4) is 0 Å². The van der Waals surface area contributed by atoms with E-state index in [1.165, 1.54) is 12.8 Å². The SMILES string of the molecule is CC1(C2CC2)CN(c2cc(F)c(F)c(F)c2)CCCN1. The van der Waals surface area contributed by atoms with E-state index in [9.17, 15) is 13.2 Å². The lowest BCUT2D eigenvalue weighted by Gasteiger charge is -2.35. The molecule has 3 rings (SSSR count). The lowest BCUT2D eigenvalue weighted by molar-refractivity contribution is 0.331. The highest BCUT2D eigenvalue weighted by Crippen LogP contribution is 2.41. The van der Waals surface area contributed by atoms with Crippen LogP contribution in [0.25, 0.3) is 0 Å². The molecular weight excluding hydrogens is 265 g/mol. The third-order valence-corrected chi connectivity index (χ3v) is 4.47. The smallest absolute Gasteiger partial charge is 0.194 e. The van der Waals surface area contributed by atoms with E-state index < -0.39 is 17.5 Å². The van der Waals surface area contributed by atoms with Crippen molar-refractivity contribution in [3.05, 3.63) is 29.6 Å². The van der Waals surface area contributed by atoms with Gasteiger partial charge in [-0.05, 0) is 38.6 Å². The molecule has 110 valence electrons. The van der Waals surface area contributed by atoms with Crippen LogP contribution in [0.2, 0.25) is 0 Å². The Kier molecular flexibility index (Phi) is 3.40. The fourth-order valence-electron chi connectivity index (χ4n) is 3.11. The summed E-state index contributed by atoms with van der Waals surface area (Å²) in [7, 11) is 0. The number of halogens is 3. The topological polar surface area (TPSA) is 15.3 Å². The van der Waals surface area contributed by atoms with E-state index in [-0.39, 0.29) is 5.54 Å². The molecule has 1 atom stereocenters. The van der Waals surface area contributed by atoms with Gasteiger partial charge >= 0.3 is 0 Å². The van der Waals surface area contributed by atoms with Crippen LogP contribution in [0.15, 0.2) is 12.1 Å². The van der Waals surface area contributed by atoms with Crippen LogP contribution >= 0.6 is 0 Å². The molecule has 1 aliphatic heterocycles. The quantitative estimate of drug-likeness (QED) is 0.840. The largest absolute Gasteiger partial charge is 0.369 e. The van der Waals surface area contributed by atoms with Gasteiger partial charge in [-0.3, -0.25) is 0 Å². The van der Waals surface area contributed by atoms with Crippen molar-refractivity contribution in [1.29, 1.82) is 0 Å². The summed E-state index contributed by atoms with van der Waals surface area (Å²) in [5.41, 5.74) is 0.398. The fraction of sp³-hybridized carbons (Fsp3) is 0.600. The number of hydrogen-bond acceptors (Lipinski definition) is 2. The summed E-state index contributed by atoms with van der Waals surface area (Å²) >= 11 is 0. The lowest BCUT2D eigenvalue weighted by Crippen LogP contribution is -2.51. The number of anilines is 1. The first-order valence-electron chi connectivity index (χ1n) is 7.14. The highest BCUT2D eigenvalue weighted by molar-refractivity contribution is 5.48. The summed E-state index contributed by atoms with van der Waals surface area (Å²) < 4.78 is 39.9. The van der Waals surface area contributed by atoms with Crippen LogP contribution in [0.4, 0.5) is 18.9 Å². The van der Waals surface area contributed by atoms with Gasteiger partial charge in [0.15, 0.2) is 17.5 Å². The predicted molar refractivity (Wildman–Crippen MR) is 72.3 cm³/mol. The van der Waals surface area contributed by atoms with Crippen LogP contribution in [0, 0.1) is 23.4 Å². The third kappa shape index (κ3) is 2.51. The van der Waals surface area contributed by atoms with Crippen LogP contribution in [0.5, 0.6) is 0 Å². The summed E-state index contributed by atoms with van der Waals surface area (Å²) in [6, 6.07) is 2.19. The molecule has 2 fully saturated rings. The average molecular weight is 284 g/mol. The minimum atomic E-state index is -1.40. The number of benzene rings is 1. The van der Waals surface area contributed by atoms with Gasteiger partial charge in [0.05, 0.1) is 0 Å². The zero-order valence-electron chi connectivity index (χ0n) is 11.6. The second-order valence-electron chi connectivity index (χ2n) is 6.12. The maximum absolute atomic E-state index is 13.4. The van der Waals surface area contributed by atoms with Crippen LogP contribution in [-0.4, -0.2) is 25.2 Å². The molecule has 2 aliphatic rings. The van der Waals surface area contributed by atoms with Crippen molar-refractivity contribution in [2.45, 2.75) is 31.7 Å². The number of hydrogen-bond donors (Lipinski definition) is 1. The summed E-state index contributed by atoms with van der Waals surface area (Å²) in [4.78, 5) is 1.96. The summed E-state index contributed by atoms with van der Waals surface area (Å²) in [6.07, 6.45) is 3.30. The van der Waals surface area contributed by atoms with Gasteiger partial charge < -0.3 is 10.2 Å². The van der Waals surface area contributed by atoms with Crippen molar-refractivity contribution < 1.29 is 13.2 Å². The van der Waals surface area contributed by atoms with Crippen LogP contribution in [-0.2, 0) is 0 Å². The zero-order valence-corrected chi connectivity index (χ0v) is 11.6. The van der Waals surface area contributed by atoms with E-state index in [1.807, 2.05) is 4.90 Å². The molecule has 1 N–H and O–H groups in total. The van der Waals surface area contributed by atoms with Crippen molar-refractivity contribution in [3.8, 4) is 0 Å². The molecule has 1 unspecified atom stereocenters. The van der Waals surface area contributed by atoms with Crippen molar-refractivity contribution in [2.75, 3.05) is 24.5 Å². The van der Waals surface area contributed by atoms with Gasteiger partial charge in [0, 0.05) is 36.4 Å². The van der Waals surface area contributed by atoms with E-state index in [2.05, 4.69) is 12.2 Å². The second-order valence-corrected chi connectivity index (χ2v) is 6.12. The first-order valence-corrected chi connectivity index (χ1v) is 7.14. The molecule has 0 spiro atoms. The molecule has 0 aromatic heterocycles. The molecule has 0 radical (unpaired) electrons. The Bertz CT molecular complexity index is 493. The molecule has 20 heavy (non-hydrogen) atoms. The van der Waals surface area contributed by atoms with E-state index in [4.69, 9.17) is 0 Å². The van der Waals surface area contributed by atoms with Gasteiger partial charge in [-0.15, -0.1) is 0 Å². The van der Waals surface area contributed by atoms with Crippen molar-refractivity contribution in [2.24, 2.45) is 5.92 Å². The van der Waals surface area contributed by atoms with Crippen molar-refractivity contribution >= 4 is 5.69 Å². The molecule has 1 aromatic rings. The highest BCUT2D eigenvalue weighted by atomic mass is 19.2. The normalized spacial score (nSPS) is 27.5. The number of nitrogens with one attached hydrogen (secondary N) is 1. The number of rotatable bonds is 2. The lowest BCUT2D eigenvalue weighted by atomic mass is 9.95. The van der Waals surface area contributed by atoms with E-state index in [0.29, 0.717) is 18.2 Å². The van der Waals surface area contributed by atoms with Crippen molar-refractivity contribution in [3.63, 3.8) is 0 Å². The van der Waals surface area contributed by atoms with Gasteiger partial charge in [0.25, 0.3) is 0 Å². The van der Waals surface area contributed by atoms with Gasteiger partial charge in [0.1, 0.15) is 0 Å². The summed E-state index contributed by atoms with van der Waals surface area (Å²) in [5, 5.41) is 3.56. The minimum Gasteiger partial charge on any atom is -0.369 e. The average Bonchev–Trinajstić information content (AvgIpc) is 3.22. The Morgan fingerprint density at radius 2 is 1.85 bits per heavy atom. The molecule has 1 heterocycles. The summed E-state index contributed by atoms with van der Waals surface area (Å²) in [6.45, 7) is 4.48. The van der Waals surface area contributed by atoms with E-state index in [1.54, 1.807) is 0 Å². The molecule has 0 amide bonds. The van der Waals surface area contributed by atoms with E-state index >= 15 is 0 Å². The van der Waals surface area contributed by atoms with Gasteiger partial charge in [0.2, 0.25) is 0 Å². The Balaban J connectivity index is 1.88. The maximum atomic E-state index is 13.4. The van der Waals surface area contributed by atoms with Crippen LogP contribution < -0.4 is 10.2 Å². The summed E-state index contributed by atoms with van der Waals surface area (Å²) in [5.74, 6) is -3.01. The highest BCUT2D eigenvalue weighted by Gasteiger charge is 2.43. The molecule has 5 heteroatoms. The Labute approximate surface area is 117 Å². The molecule has 1 aliphatic carbocycles. The molecule has 0 bridgehead atoms. The zero-order chi connectivity index (χ0) is 14.3. The van der Waals surface area contributed by atoms with Gasteiger partial charge in [-0.25, -0.2) is 13.2 Å². The van der Waals surface area contributed by atoms with Gasteiger partial charge in [-0.2, -0.15) is 0 Å². The number of nitrogens with zero attached hydrogens (tertiary/aromatic N) is 1. The van der Waals surface area contributed by atoms with E-state index in [0.717, 1.165) is 31.6 Å². The molecule has 2 nitrogen and oxygen atoms in total. The first kappa shape index (κ1) is 13.7. The minimum absolute atomic E-state index is 0.0299. The third-order valence-electron chi connectivity index (χ3n) is 4.47. The molecule has 1 aromatic carbocycles. The Morgan fingerprint density at radius 1 is 1.20 bits per heavy atom.